The molecule has 2 aliphatic rings. The second-order valence-electron chi connectivity index (χ2n) is 5.28. The van der Waals surface area contributed by atoms with Gasteiger partial charge in [0.1, 0.15) is 0 Å². The van der Waals surface area contributed by atoms with Crippen molar-refractivity contribution in [3.05, 3.63) is 0 Å². The van der Waals surface area contributed by atoms with Crippen LogP contribution in [0.15, 0.2) is 0 Å². The number of piperidine rings is 2. The normalized spacial score (nSPS) is 35.1. The van der Waals surface area contributed by atoms with Crippen LogP contribution in [-0.4, -0.2) is 62.0 Å². The standard InChI is InChI=1S/2C6H12N.Al.H/c2*1-7-5-3-2-4-6-7;;/h2*5H,2-4,6H2,1H3;;/q;;+1;-1. The molecule has 0 aromatic rings. The minimum atomic E-state index is 0. The Balaban J connectivity index is 0.00000128. The van der Waals surface area contributed by atoms with E-state index in [0.717, 1.165) is 9.81 Å². The fourth-order valence-electron chi connectivity index (χ4n) is 2.94. The van der Waals surface area contributed by atoms with E-state index in [1.807, 2.05) is 0 Å². The summed E-state index contributed by atoms with van der Waals surface area (Å²) in [6, 6.07) is 0. The van der Waals surface area contributed by atoms with Gasteiger partial charge in [-0.3, -0.25) is 0 Å². The molecule has 0 radical (unpaired) electrons. The molecule has 2 saturated heterocycles. The second-order valence-corrected chi connectivity index (χ2v) is 7.20. The van der Waals surface area contributed by atoms with Gasteiger partial charge >= 0.3 is 101 Å². The zero-order chi connectivity index (χ0) is 10.7. The summed E-state index contributed by atoms with van der Waals surface area (Å²) in [4.78, 5) is 7.15. The molecule has 2 nitrogen and oxygen atoms in total. The van der Waals surface area contributed by atoms with Gasteiger partial charge < -0.3 is 1.43 Å². The molecule has 0 saturated carbocycles. The van der Waals surface area contributed by atoms with Crippen LogP contribution in [0, 0.1) is 0 Å². The van der Waals surface area contributed by atoms with Crippen molar-refractivity contribution in [3.8, 4) is 0 Å². The van der Waals surface area contributed by atoms with Crippen LogP contribution in [0.1, 0.15) is 40.0 Å². The first kappa shape index (κ1) is 11.9. The maximum Gasteiger partial charge on any atom is -1.00 e. The maximum atomic E-state index is 2.63. The minimum absolute atomic E-state index is 0. The Morgan fingerprint density at radius 2 is 1.33 bits per heavy atom. The quantitative estimate of drug-likeness (QED) is 0.659. The van der Waals surface area contributed by atoms with Gasteiger partial charge in [0, 0.05) is 0 Å². The van der Waals surface area contributed by atoms with Gasteiger partial charge in [0.15, 0.2) is 0 Å². The molecule has 0 aromatic carbocycles. The van der Waals surface area contributed by atoms with E-state index in [4.69, 9.17) is 0 Å². The molecule has 86 valence electrons. The number of nitrogens with zero attached hydrogens (tertiary/aromatic N) is 2. The van der Waals surface area contributed by atoms with Crippen molar-refractivity contribution in [2.24, 2.45) is 0 Å². The molecule has 0 spiro atoms. The van der Waals surface area contributed by atoms with Gasteiger partial charge in [-0.05, 0) is 0 Å². The summed E-state index contributed by atoms with van der Waals surface area (Å²) in [6.45, 7) is 2.68. The summed E-state index contributed by atoms with van der Waals surface area (Å²) in [5.74, 6) is 0. The third-order valence-corrected chi connectivity index (χ3v) is 6.67. The van der Waals surface area contributed by atoms with Crippen LogP contribution in [0.5, 0.6) is 0 Å². The number of hydrogen-bond acceptors (Lipinski definition) is 2. The molecule has 2 heterocycles. The first-order valence-electron chi connectivity index (χ1n) is 6.53. The van der Waals surface area contributed by atoms with E-state index in [2.05, 4.69) is 23.9 Å². The van der Waals surface area contributed by atoms with Crippen LogP contribution in [0.2, 0.25) is 0 Å². The smallest absolute Gasteiger partial charge is 1.00 e. The minimum Gasteiger partial charge on any atom is -1.00 e. The van der Waals surface area contributed by atoms with Crippen LogP contribution in [0.3, 0.4) is 0 Å². The van der Waals surface area contributed by atoms with Gasteiger partial charge in [-0.2, -0.15) is 0 Å². The monoisotopic (exact) mass is 224 g/mol. The van der Waals surface area contributed by atoms with E-state index in [-0.39, 0.29) is 1.43 Å². The van der Waals surface area contributed by atoms with Crippen molar-refractivity contribution < 1.29 is 1.43 Å². The van der Waals surface area contributed by atoms with Crippen molar-refractivity contribution in [1.29, 1.82) is 0 Å². The third kappa shape index (κ3) is 3.20. The molecule has 0 N–H and O–H groups in total. The Morgan fingerprint density at radius 3 is 1.73 bits per heavy atom. The average Bonchev–Trinajstić information content (AvgIpc) is 2.24. The molecule has 2 atom stereocenters. The Hall–Kier alpha value is 0.452. The van der Waals surface area contributed by atoms with Crippen LogP contribution < -0.4 is 0 Å². The Labute approximate surface area is 102 Å². The van der Waals surface area contributed by atoms with Crippen molar-refractivity contribution in [2.45, 2.75) is 48.3 Å². The number of rotatable bonds is 2. The summed E-state index contributed by atoms with van der Waals surface area (Å²) in [6.07, 6.45) is 8.73. The van der Waals surface area contributed by atoms with E-state index in [1.54, 1.807) is 0 Å². The van der Waals surface area contributed by atoms with Crippen LogP contribution >= 0.6 is 0 Å². The van der Waals surface area contributed by atoms with Crippen molar-refractivity contribution in [2.75, 3.05) is 27.2 Å². The molecule has 2 unspecified atom stereocenters. The Morgan fingerprint density at radius 1 is 0.867 bits per heavy atom. The van der Waals surface area contributed by atoms with Gasteiger partial charge in [-0.15, -0.1) is 0 Å². The van der Waals surface area contributed by atoms with Crippen molar-refractivity contribution in [1.82, 2.24) is 9.80 Å². The van der Waals surface area contributed by atoms with Gasteiger partial charge in [0.2, 0.25) is 0 Å². The van der Waals surface area contributed by atoms with Gasteiger partial charge in [0.25, 0.3) is 0 Å². The van der Waals surface area contributed by atoms with Crippen LogP contribution in [0.4, 0.5) is 0 Å². The van der Waals surface area contributed by atoms with E-state index in [0.29, 0.717) is 15.2 Å². The zero-order valence-electron chi connectivity index (χ0n) is 11.3. The topological polar surface area (TPSA) is 6.48 Å². The molecule has 2 fully saturated rings. The molecule has 15 heavy (non-hydrogen) atoms. The van der Waals surface area contributed by atoms with E-state index in [1.165, 1.54) is 51.6 Å². The second kappa shape index (κ2) is 5.68. The first-order chi connectivity index (χ1) is 7.27. The largest absolute Gasteiger partial charge is 1.00 e. The number of likely N-dealkylation sites (tertiary alicyclic amines) is 2. The molecule has 0 aromatic heterocycles. The predicted octanol–water partition coefficient (Wildman–Crippen LogP) is 1.69. The summed E-state index contributed by atoms with van der Waals surface area (Å²) in [7, 11) is 4.67. The maximum absolute atomic E-state index is 2.63. The molecular weight excluding hydrogens is 199 g/mol. The molecule has 3 heteroatoms. The summed E-state index contributed by atoms with van der Waals surface area (Å²) >= 11 is 0.610. The molecule has 0 bridgehead atoms. The van der Waals surface area contributed by atoms with Crippen molar-refractivity contribution >= 4 is 15.2 Å². The Kier molecular flexibility index (Phi) is 4.52. The third-order valence-electron chi connectivity index (χ3n) is 4.10. The van der Waals surface area contributed by atoms with Crippen LogP contribution in [-0.2, 0) is 0 Å². The van der Waals surface area contributed by atoms with Gasteiger partial charge in [-0.1, -0.05) is 0 Å². The molecule has 0 amide bonds. The Bertz CT molecular complexity index is 183. The summed E-state index contributed by atoms with van der Waals surface area (Å²) < 4.78 is 0. The SMILES string of the molecule is CN1CCCC[CH]1[Al+][CH]1CCCCN1C.[H-]. The first-order valence-corrected chi connectivity index (χ1v) is 7.86. The fraction of sp³-hybridized carbons (Fsp3) is 1.00. The summed E-state index contributed by atoms with van der Waals surface area (Å²) in [5.41, 5.74) is 0. The van der Waals surface area contributed by atoms with E-state index >= 15 is 0 Å². The van der Waals surface area contributed by atoms with Gasteiger partial charge in [0.05, 0.1) is 0 Å². The molecule has 2 rings (SSSR count). The fourth-order valence-corrected chi connectivity index (χ4v) is 5.20. The van der Waals surface area contributed by atoms with E-state index in [9.17, 15) is 0 Å². The number of hydrogen-bond donors (Lipinski definition) is 0. The summed E-state index contributed by atoms with van der Waals surface area (Å²) in [5, 5.41) is 0. The molecular formula is C12H25AlN2. The van der Waals surface area contributed by atoms with Crippen LogP contribution in [0.25, 0.3) is 0 Å². The zero-order valence-corrected chi connectivity index (χ0v) is 11.4. The predicted molar refractivity (Wildman–Crippen MR) is 67.4 cm³/mol. The molecule has 0 aliphatic carbocycles. The van der Waals surface area contributed by atoms with Crippen molar-refractivity contribution in [3.63, 3.8) is 0 Å². The van der Waals surface area contributed by atoms with Gasteiger partial charge in [-0.25, -0.2) is 0 Å². The molecule has 2 aliphatic heterocycles. The van der Waals surface area contributed by atoms with E-state index < -0.39 is 0 Å². The average molecular weight is 224 g/mol.